The molecular weight excluding hydrogens is 328 g/mol. The fourth-order valence-corrected chi connectivity index (χ4v) is 4.86. The third-order valence-electron chi connectivity index (χ3n) is 3.48. The molecule has 0 aromatic rings. The molecule has 0 aliphatic carbocycles. The van der Waals surface area contributed by atoms with E-state index in [0.29, 0.717) is 0 Å². The van der Waals surface area contributed by atoms with Gasteiger partial charge in [-0.2, -0.15) is 0 Å². The van der Waals surface area contributed by atoms with Gasteiger partial charge in [0.1, 0.15) is 48.1 Å². The molecule has 0 saturated carbocycles. The van der Waals surface area contributed by atoms with Crippen LogP contribution in [0.1, 0.15) is 0 Å². The lowest BCUT2D eigenvalue weighted by Crippen LogP contribution is -3.00. The van der Waals surface area contributed by atoms with Crippen molar-refractivity contribution in [2.45, 2.75) is 41.9 Å². The Hall–Kier alpha value is 0.320. The lowest BCUT2D eigenvalue weighted by Gasteiger charge is -2.25. The summed E-state index contributed by atoms with van der Waals surface area (Å²) >= 11 is 0. The Morgan fingerprint density at radius 2 is 1.48 bits per heavy atom. The van der Waals surface area contributed by atoms with Gasteiger partial charge in [0.05, 0.1) is 13.2 Å². The number of halogens is 1. The third kappa shape index (κ3) is 5.17. The Labute approximate surface area is 131 Å². The summed E-state index contributed by atoms with van der Waals surface area (Å²) in [6.07, 6.45) is -8.42. The average molecular weight is 351 g/mol. The minimum absolute atomic E-state index is 0. The van der Waals surface area contributed by atoms with E-state index in [9.17, 15) is 35.7 Å². The molecule has 0 amide bonds. The standard InChI is InChI=1S/C11H23O8S.ClH/c12-1-5(14)10(18)11(19)7(16)4-20-3-6(15)9(17)8(20)2-13;/h5-19H,1-4H2;1H/q+1;/p-1/t5-,6+,7+,8+,9-,10+,11-,20?;/m0./s1. The minimum Gasteiger partial charge on any atom is -1.00 e. The lowest BCUT2D eigenvalue weighted by atomic mass is 10.0. The van der Waals surface area contributed by atoms with Crippen LogP contribution >= 0.6 is 0 Å². The molecule has 1 unspecified atom stereocenters. The van der Waals surface area contributed by atoms with Crippen molar-refractivity contribution in [1.29, 1.82) is 0 Å². The van der Waals surface area contributed by atoms with Crippen LogP contribution in [0, 0.1) is 0 Å². The van der Waals surface area contributed by atoms with Crippen LogP contribution in [-0.2, 0) is 10.9 Å². The Morgan fingerprint density at radius 1 is 0.952 bits per heavy atom. The monoisotopic (exact) mass is 350 g/mol. The lowest BCUT2D eigenvalue weighted by molar-refractivity contribution is -0.109. The first-order chi connectivity index (χ1) is 9.33. The summed E-state index contributed by atoms with van der Waals surface area (Å²) in [5.74, 6) is 0.157. The van der Waals surface area contributed by atoms with E-state index < -0.39 is 59.4 Å². The highest BCUT2D eigenvalue weighted by molar-refractivity contribution is 7.97. The second-order valence-corrected chi connectivity index (χ2v) is 7.30. The summed E-state index contributed by atoms with van der Waals surface area (Å²) in [6, 6.07) is 0. The number of hydrogen-bond acceptors (Lipinski definition) is 8. The van der Waals surface area contributed by atoms with E-state index in [4.69, 9.17) is 5.11 Å². The maximum Gasteiger partial charge on any atom is 0.169 e. The fraction of sp³-hybridized carbons (Fsp3) is 1.00. The maximum absolute atomic E-state index is 9.84. The molecule has 0 radical (unpaired) electrons. The molecule has 1 aliphatic heterocycles. The summed E-state index contributed by atoms with van der Waals surface area (Å²) in [7, 11) is -0.723. The molecule has 1 fully saturated rings. The summed E-state index contributed by atoms with van der Waals surface area (Å²) in [6.45, 7) is -1.11. The highest BCUT2D eigenvalue weighted by Gasteiger charge is 2.50. The molecule has 0 aromatic heterocycles. The molecule has 0 spiro atoms. The van der Waals surface area contributed by atoms with E-state index in [1.807, 2.05) is 0 Å². The number of rotatable bonds is 7. The smallest absolute Gasteiger partial charge is 0.169 e. The van der Waals surface area contributed by atoms with Crippen LogP contribution in [0.5, 0.6) is 0 Å². The van der Waals surface area contributed by atoms with Crippen LogP contribution in [-0.4, -0.2) is 107 Å². The van der Waals surface area contributed by atoms with Crippen molar-refractivity contribution >= 4 is 10.9 Å². The van der Waals surface area contributed by atoms with E-state index in [1.165, 1.54) is 0 Å². The SMILES string of the molecule is OC[C@@H]1[C@@H](O)[C@H](O)C[S+]1C[C@@H](O)[C@H](O)[C@H](O)[C@@H](O)CO.[Cl-]. The summed E-state index contributed by atoms with van der Waals surface area (Å²) < 4.78 is 0. The zero-order valence-corrected chi connectivity index (χ0v) is 12.8. The molecular formula is C11H23ClO8S. The predicted octanol–water partition coefficient (Wildman–Crippen LogP) is -7.86. The van der Waals surface area contributed by atoms with E-state index in [-0.39, 0.29) is 30.5 Å². The molecule has 8 N–H and O–H groups in total. The fourth-order valence-electron chi connectivity index (χ4n) is 2.17. The molecule has 1 aliphatic rings. The van der Waals surface area contributed by atoms with E-state index >= 15 is 0 Å². The van der Waals surface area contributed by atoms with Gasteiger partial charge in [-0.15, -0.1) is 0 Å². The van der Waals surface area contributed by atoms with Crippen LogP contribution in [0.15, 0.2) is 0 Å². The summed E-state index contributed by atoms with van der Waals surface area (Å²) in [5.41, 5.74) is 0. The van der Waals surface area contributed by atoms with Gasteiger partial charge in [0.25, 0.3) is 0 Å². The van der Waals surface area contributed by atoms with Gasteiger partial charge in [0.15, 0.2) is 5.25 Å². The zero-order valence-electron chi connectivity index (χ0n) is 11.2. The Kier molecular flexibility index (Phi) is 9.60. The van der Waals surface area contributed by atoms with Crippen molar-refractivity contribution in [3.05, 3.63) is 0 Å². The minimum atomic E-state index is -1.70. The average Bonchev–Trinajstić information content (AvgIpc) is 2.70. The molecule has 8 nitrogen and oxygen atoms in total. The largest absolute Gasteiger partial charge is 1.00 e. The van der Waals surface area contributed by atoms with Crippen LogP contribution in [0.4, 0.5) is 0 Å². The van der Waals surface area contributed by atoms with Gasteiger partial charge < -0.3 is 53.3 Å². The molecule has 1 heterocycles. The van der Waals surface area contributed by atoms with Crippen LogP contribution < -0.4 is 12.4 Å². The topological polar surface area (TPSA) is 162 Å². The third-order valence-corrected chi connectivity index (χ3v) is 6.30. The first-order valence-corrected chi connectivity index (χ1v) is 7.92. The van der Waals surface area contributed by atoms with Crippen LogP contribution in [0.3, 0.4) is 0 Å². The van der Waals surface area contributed by atoms with E-state index in [0.717, 1.165) is 0 Å². The highest BCUT2D eigenvalue weighted by Crippen LogP contribution is 2.25. The molecule has 0 aromatic carbocycles. The first-order valence-electron chi connectivity index (χ1n) is 6.29. The summed E-state index contributed by atoms with van der Waals surface area (Å²) in [5, 5.41) is 74.7. The Morgan fingerprint density at radius 3 is 1.95 bits per heavy atom. The first kappa shape index (κ1) is 21.3. The Balaban J connectivity index is 0.00000400. The number of hydrogen-bond donors (Lipinski definition) is 8. The number of aliphatic hydroxyl groups excluding tert-OH is 8. The van der Waals surface area contributed by atoms with Gasteiger partial charge in [-0.25, -0.2) is 0 Å². The van der Waals surface area contributed by atoms with Crippen molar-refractivity contribution in [3.8, 4) is 0 Å². The number of aliphatic hydroxyl groups is 8. The van der Waals surface area contributed by atoms with Gasteiger partial charge in [-0.05, 0) is 0 Å². The van der Waals surface area contributed by atoms with Gasteiger partial charge in [0, 0.05) is 10.9 Å². The molecule has 1 rings (SSSR count). The van der Waals surface area contributed by atoms with Gasteiger partial charge in [-0.1, -0.05) is 0 Å². The maximum atomic E-state index is 9.84. The Bertz CT molecular complexity index is 299. The molecule has 8 atom stereocenters. The van der Waals surface area contributed by atoms with E-state index in [2.05, 4.69) is 0 Å². The molecule has 0 bridgehead atoms. The van der Waals surface area contributed by atoms with Crippen LogP contribution in [0.2, 0.25) is 0 Å². The highest BCUT2D eigenvalue weighted by atomic mass is 35.5. The normalized spacial score (nSPS) is 34.9. The molecule has 1 saturated heterocycles. The second-order valence-electron chi connectivity index (χ2n) is 4.95. The van der Waals surface area contributed by atoms with Crippen molar-refractivity contribution in [3.63, 3.8) is 0 Å². The van der Waals surface area contributed by atoms with Crippen molar-refractivity contribution in [1.82, 2.24) is 0 Å². The van der Waals surface area contributed by atoms with Gasteiger partial charge in [0.2, 0.25) is 0 Å². The summed E-state index contributed by atoms with van der Waals surface area (Å²) in [4.78, 5) is 0. The van der Waals surface area contributed by atoms with Crippen LogP contribution in [0.25, 0.3) is 0 Å². The van der Waals surface area contributed by atoms with Gasteiger partial charge >= 0.3 is 0 Å². The van der Waals surface area contributed by atoms with Gasteiger partial charge in [-0.3, -0.25) is 0 Å². The van der Waals surface area contributed by atoms with Crippen molar-refractivity contribution in [2.24, 2.45) is 0 Å². The van der Waals surface area contributed by atoms with Crippen molar-refractivity contribution < 1.29 is 53.3 Å². The quantitative estimate of drug-likeness (QED) is 0.210. The molecule has 128 valence electrons. The molecule has 10 heteroatoms. The van der Waals surface area contributed by atoms with E-state index in [1.54, 1.807) is 0 Å². The molecule has 21 heavy (non-hydrogen) atoms. The van der Waals surface area contributed by atoms with Crippen molar-refractivity contribution in [2.75, 3.05) is 24.7 Å². The second kappa shape index (κ2) is 9.46. The predicted molar refractivity (Wildman–Crippen MR) is 71.1 cm³/mol. The zero-order chi connectivity index (χ0) is 15.4.